The minimum atomic E-state index is -4.57. The van der Waals surface area contributed by atoms with E-state index in [2.05, 4.69) is 5.32 Å². The van der Waals surface area contributed by atoms with E-state index >= 15 is 0 Å². The van der Waals surface area contributed by atoms with E-state index in [4.69, 9.17) is 15.0 Å². The number of sulfonamides is 1. The standard InChI is InChI=1S/C25H25F3N2O5S/c1-16-13-17(7-10-23(16)36(29,33)34)24(32)30-19-8-9-20(18(14-19)15-35-12-4-11-31)21-5-2-3-6-22(21)25(26,27)28/h2-3,5-10,13-14,31H,4,11-12,15H2,1H3,(H,30,32)(H2,29,33,34). The number of benzene rings is 3. The molecule has 0 saturated carbocycles. The van der Waals surface area contributed by atoms with Gasteiger partial charge in [-0.25, -0.2) is 13.6 Å². The molecule has 4 N–H and O–H groups in total. The summed E-state index contributed by atoms with van der Waals surface area (Å²) in [5.41, 5.74) is 0.639. The van der Waals surface area contributed by atoms with Crippen molar-refractivity contribution >= 4 is 21.6 Å². The molecule has 7 nitrogen and oxygen atoms in total. The van der Waals surface area contributed by atoms with Gasteiger partial charge in [0.05, 0.1) is 17.1 Å². The van der Waals surface area contributed by atoms with E-state index in [1.54, 1.807) is 0 Å². The Kier molecular flexibility index (Phi) is 8.51. The van der Waals surface area contributed by atoms with Gasteiger partial charge in [-0.1, -0.05) is 24.3 Å². The normalized spacial score (nSPS) is 11.9. The highest BCUT2D eigenvalue weighted by atomic mass is 32.2. The van der Waals surface area contributed by atoms with Crippen LogP contribution >= 0.6 is 0 Å². The van der Waals surface area contributed by atoms with Gasteiger partial charge in [-0.2, -0.15) is 13.2 Å². The second-order valence-electron chi connectivity index (χ2n) is 8.02. The fourth-order valence-corrected chi connectivity index (χ4v) is 4.45. The van der Waals surface area contributed by atoms with Crippen LogP contribution in [0, 0.1) is 6.92 Å². The smallest absolute Gasteiger partial charge is 0.396 e. The third-order valence-electron chi connectivity index (χ3n) is 5.33. The largest absolute Gasteiger partial charge is 0.417 e. The van der Waals surface area contributed by atoms with Crippen molar-refractivity contribution in [1.82, 2.24) is 0 Å². The molecule has 192 valence electrons. The summed E-state index contributed by atoms with van der Waals surface area (Å²) in [4.78, 5) is 12.7. The van der Waals surface area contributed by atoms with Crippen LogP contribution in [-0.2, 0) is 27.5 Å². The molecule has 0 aliphatic rings. The molecule has 0 atom stereocenters. The third-order valence-corrected chi connectivity index (χ3v) is 6.40. The molecule has 0 aliphatic carbocycles. The third kappa shape index (κ3) is 6.70. The number of aryl methyl sites for hydroxylation is 1. The summed E-state index contributed by atoms with van der Waals surface area (Å²) < 4.78 is 69.6. The van der Waals surface area contributed by atoms with E-state index in [0.29, 0.717) is 28.8 Å². The molecule has 3 aromatic carbocycles. The summed E-state index contributed by atoms with van der Waals surface area (Å²) in [6, 6.07) is 13.6. The van der Waals surface area contributed by atoms with Gasteiger partial charge in [0, 0.05) is 24.5 Å². The zero-order valence-corrected chi connectivity index (χ0v) is 20.1. The van der Waals surface area contributed by atoms with Crippen LogP contribution in [0.15, 0.2) is 65.6 Å². The van der Waals surface area contributed by atoms with Crippen LogP contribution in [0.3, 0.4) is 0 Å². The number of primary sulfonamides is 1. The number of hydrogen-bond donors (Lipinski definition) is 3. The monoisotopic (exact) mass is 522 g/mol. The van der Waals surface area contributed by atoms with Crippen LogP contribution in [0.5, 0.6) is 0 Å². The van der Waals surface area contributed by atoms with Crippen LogP contribution in [0.4, 0.5) is 18.9 Å². The highest BCUT2D eigenvalue weighted by Gasteiger charge is 2.33. The van der Waals surface area contributed by atoms with Crippen molar-refractivity contribution < 1.29 is 36.2 Å². The second-order valence-corrected chi connectivity index (χ2v) is 9.55. The molecule has 3 aromatic rings. The maximum atomic E-state index is 13.6. The number of nitrogens with one attached hydrogen (secondary N) is 1. The molecule has 0 unspecified atom stereocenters. The lowest BCUT2D eigenvalue weighted by atomic mass is 9.94. The van der Waals surface area contributed by atoms with Crippen molar-refractivity contribution in [1.29, 1.82) is 0 Å². The SMILES string of the molecule is Cc1cc(C(=O)Nc2ccc(-c3ccccc3C(F)(F)F)c(COCCCO)c2)ccc1S(N)(=O)=O. The summed E-state index contributed by atoms with van der Waals surface area (Å²) in [6.07, 6.45) is -4.21. The summed E-state index contributed by atoms with van der Waals surface area (Å²) in [6.45, 7) is 1.56. The van der Waals surface area contributed by atoms with Gasteiger partial charge in [-0.3, -0.25) is 4.79 Å². The van der Waals surface area contributed by atoms with Gasteiger partial charge in [0.15, 0.2) is 0 Å². The Balaban J connectivity index is 1.95. The van der Waals surface area contributed by atoms with E-state index in [-0.39, 0.29) is 35.8 Å². The number of rotatable bonds is 9. The van der Waals surface area contributed by atoms with Gasteiger partial charge < -0.3 is 15.2 Å². The quantitative estimate of drug-likeness (QED) is 0.358. The predicted molar refractivity (Wildman–Crippen MR) is 129 cm³/mol. The lowest BCUT2D eigenvalue weighted by molar-refractivity contribution is -0.137. The van der Waals surface area contributed by atoms with Gasteiger partial charge in [-0.05, 0) is 72.0 Å². The Morgan fingerprint density at radius 3 is 2.42 bits per heavy atom. The minimum Gasteiger partial charge on any atom is -0.396 e. The average molecular weight is 523 g/mol. The number of amides is 1. The zero-order valence-electron chi connectivity index (χ0n) is 19.3. The molecule has 0 saturated heterocycles. The Labute approximate surface area is 206 Å². The highest BCUT2D eigenvalue weighted by Crippen LogP contribution is 2.39. The highest BCUT2D eigenvalue weighted by molar-refractivity contribution is 7.89. The van der Waals surface area contributed by atoms with Crippen LogP contribution in [0.25, 0.3) is 11.1 Å². The predicted octanol–water partition coefficient (Wildman–Crippen LogP) is 4.48. The van der Waals surface area contributed by atoms with Crippen molar-refractivity contribution in [2.75, 3.05) is 18.5 Å². The molecule has 0 fully saturated rings. The fourth-order valence-electron chi connectivity index (χ4n) is 3.68. The molecular formula is C25H25F3N2O5S. The Bertz CT molecular complexity index is 1360. The van der Waals surface area contributed by atoms with Crippen LogP contribution in [0.2, 0.25) is 0 Å². The summed E-state index contributed by atoms with van der Waals surface area (Å²) in [5.74, 6) is -0.547. The first-order valence-corrected chi connectivity index (χ1v) is 12.4. The zero-order chi connectivity index (χ0) is 26.5. The molecule has 11 heteroatoms. The molecule has 0 bridgehead atoms. The van der Waals surface area contributed by atoms with Gasteiger partial charge in [0.25, 0.3) is 5.91 Å². The number of aliphatic hydroxyl groups excluding tert-OH is 1. The number of nitrogens with two attached hydrogens (primary N) is 1. The van der Waals surface area contributed by atoms with Gasteiger partial charge in [0.1, 0.15) is 0 Å². The van der Waals surface area contributed by atoms with Crippen molar-refractivity contribution in [3.05, 3.63) is 82.9 Å². The molecule has 36 heavy (non-hydrogen) atoms. The van der Waals surface area contributed by atoms with Crippen molar-refractivity contribution in [3.8, 4) is 11.1 Å². The van der Waals surface area contributed by atoms with E-state index in [9.17, 15) is 26.4 Å². The molecule has 0 aromatic heterocycles. The first-order valence-electron chi connectivity index (χ1n) is 10.8. The Morgan fingerprint density at radius 1 is 1.06 bits per heavy atom. The van der Waals surface area contributed by atoms with Crippen LogP contribution in [0.1, 0.15) is 33.5 Å². The molecule has 0 aliphatic heterocycles. The first-order chi connectivity index (χ1) is 16.9. The Morgan fingerprint density at radius 2 is 1.78 bits per heavy atom. The van der Waals surface area contributed by atoms with E-state index in [1.165, 1.54) is 61.5 Å². The molecule has 0 radical (unpaired) electrons. The lowest BCUT2D eigenvalue weighted by Crippen LogP contribution is -2.16. The summed E-state index contributed by atoms with van der Waals surface area (Å²) in [5, 5.41) is 16.8. The van der Waals surface area contributed by atoms with Crippen molar-refractivity contribution in [3.63, 3.8) is 0 Å². The lowest BCUT2D eigenvalue weighted by Gasteiger charge is -2.17. The van der Waals surface area contributed by atoms with E-state index in [1.807, 2.05) is 0 Å². The van der Waals surface area contributed by atoms with Gasteiger partial charge in [-0.15, -0.1) is 0 Å². The number of hydrogen-bond acceptors (Lipinski definition) is 5. The summed E-state index contributed by atoms with van der Waals surface area (Å²) >= 11 is 0. The van der Waals surface area contributed by atoms with Crippen molar-refractivity contribution in [2.45, 2.75) is 31.0 Å². The second kappa shape index (κ2) is 11.2. The maximum absolute atomic E-state index is 13.6. The topological polar surface area (TPSA) is 119 Å². The first kappa shape index (κ1) is 27.3. The number of aliphatic hydroxyl groups is 1. The molecule has 0 heterocycles. The molecular weight excluding hydrogens is 497 g/mol. The summed E-state index contributed by atoms with van der Waals surface area (Å²) in [7, 11) is -3.94. The van der Waals surface area contributed by atoms with Crippen LogP contribution < -0.4 is 10.5 Å². The van der Waals surface area contributed by atoms with Crippen molar-refractivity contribution in [2.24, 2.45) is 5.14 Å². The number of halogens is 3. The minimum absolute atomic E-state index is 0.0298. The molecule has 0 spiro atoms. The number of ether oxygens (including phenoxy) is 1. The molecule has 1 amide bonds. The van der Waals surface area contributed by atoms with Crippen LogP contribution in [-0.4, -0.2) is 32.6 Å². The number of carbonyl (C=O) groups is 1. The number of anilines is 1. The number of alkyl halides is 3. The average Bonchev–Trinajstić information content (AvgIpc) is 2.80. The Hall–Kier alpha value is -3.25. The van der Waals surface area contributed by atoms with E-state index < -0.39 is 27.7 Å². The van der Waals surface area contributed by atoms with Gasteiger partial charge in [0.2, 0.25) is 10.0 Å². The maximum Gasteiger partial charge on any atom is 0.417 e. The fraction of sp³-hybridized carbons (Fsp3) is 0.240. The number of carbonyl (C=O) groups excluding carboxylic acids is 1. The molecule has 3 rings (SSSR count). The van der Waals surface area contributed by atoms with Gasteiger partial charge >= 0.3 is 6.18 Å². The van der Waals surface area contributed by atoms with E-state index in [0.717, 1.165) is 6.07 Å².